The van der Waals surface area contributed by atoms with Crippen LogP contribution in [-0.4, -0.2) is 35.1 Å². The van der Waals surface area contributed by atoms with Gasteiger partial charge in [0.05, 0.1) is 12.8 Å². The molecule has 2 aromatic heterocycles. The number of sulfonamides is 1. The average molecular weight is 302 g/mol. The normalized spacial score (nSPS) is 11.8. The Kier molecular flexibility index (Phi) is 4.64. The lowest BCUT2D eigenvalue weighted by atomic mass is 10.4. The van der Waals surface area contributed by atoms with Crippen LogP contribution in [0, 0.1) is 0 Å². The van der Waals surface area contributed by atoms with Crippen molar-refractivity contribution in [3.63, 3.8) is 0 Å². The Bertz CT molecular complexity index is 607. The first-order chi connectivity index (χ1) is 9.12. The van der Waals surface area contributed by atoms with E-state index in [-0.39, 0.29) is 10.8 Å². The van der Waals surface area contributed by atoms with Gasteiger partial charge in [-0.15, -0.1) is 16.4 Å². The van der Waals surface area contributed by atoms with Crippen molar-refractivity contribution in [1.29, 1.82) is 0 Å². The van der Waals surface area contributed by atoms with Gasteiger partial charge < -0.3 is 5.11 Å². The Morgan fingerprint density at radius 2 is 2.32 bits per heavy atom. The molecule has 0 saturated carbocycles. The summed E-state index contributed by atoms with van der Waals surface area (Å²) in [5, 5.41) is 18.0. The van der Waals surface area contributed by atoms with Gasteiger partial charge in [-0.1, -0.05) is 5.21 Å². The number of nitrogens with zero attached hydrogens (tertiary/aromatic N) is 3. The topological polar surface area (TPSA) is 97.1 Å². The van der Waals surface area contributed by atoms with Gasteiger partial charge in [0.25, 0.3) is 0 Å². The molecule has 0 unspecified atom stereocenters. The zero-order valence-corrected chi connectivity index (χ0v) is 11.7. The van der Waals surface area contributed by atoms with E-state index in [1.54, 1.807) is 22.5 Å². The fraction of sp³-hybridized carbons (Fsp3) is 0.400. The van der Waals surface area contributed by atoms with E-state index in [1.807, 2.05) is 0 Å². The van der Waals surface area contributed by atoms with Gasteiger partial charge in [-0.2, -0.15) is 0 Å². The van der Waals surface area contributed by atoms with E-state index in [2.05, 4.69) is 15.0 Å². The minimum absolute atomic E-state index is 0.154. The average Bonchev–Trinajstić information content (AvgIpc) is 3.05. The third-order valence-corrected chi connectivity index (χ3v) is 5.35. The quantitative estimate of drug-likeness (QED) is 0.712. The number of thiophene rings is 1. The smallest absolute Gasteiger partial charge is 0.250 e. The molecule has 0 radical (unpaired) electrons. The summed E-state index contributed by atoms with van der Waals surface area (Å²) in [6.45, 7) is 0.779. The van der Waals surface area contributed by atoms with E-state index in [9.17, 15) is 8.42 Å². The minimum Gasteiger partial charge on any atom is -0.392 e. The first kappa shape index (κ1) is 14.1. The second-order valence-electron chi connectivity index (χ2n) is 3.85. The summed E-state index contributed by atoms with van der Waals surface area (Å²) in [5.41, 5.74) is 0.605. The molecule has 0 spiro atoms. The van der Waals surface area contributed by atoms with Crippen LogP contribution < -0.4 is 4.72 Å². The van der Waals surface area contributed by atoms with E-state index < -0.39 is 10.0 Å². The van der Waals surface area contributed by atoms with E-state index >= 15 is 0 Å². The highest BCUT2D eigenvalue weighted by atomic mass is 32.2. The largest absolute Gasteiger partial charge is 0.392 e. The van der Waals surface area contributed by atoms with Crippen molar-refractivity contribution < 1.29 is 13.5 Å². The van der Waals surface area contributed by atoms with Gasteiger partial charge in [-0.3, -0.25) is 4.68 Å². The van der Waals surface area contributed by atoms with Crippen molar-refractivity contribution in [2.75, 3.05) is 6.54 Å². The zero-order valence-electron chi connectivity index (χ0n) is 10.1. The first-order valence-electron chi connectivity index (χ1n) is 5.64. The van der Waals surface area contributed by atoms with Crippen molar-refractivity contribution in [1.82, 2.24) is 19.7 Å². The molecule has 2 N–H and O–H groups in total. The van der Waals surface area contributed by atoms with Crippen LogP contribution in [0.2, 0.25) is 0 Å². The number of hydrogen-bond donors (Lipinski definition) is 2. The maximum Gasteiger partial charge on any atom is 0.250 e. The van der Waals surface area contributed by atoms with E-state index in [4.69, 9.17) is 5.11 Å². The second kappa shape index (κ2) is 6.24. The van der Waals surface area contributed by atoms with Crippen molar-refractivity contribution in [2.24, 2.45) is 0 Å². The van der Waals surface area contributed by atoms with Crippen LogP contribution in [0.4, 0.5) is 0 Å². The van der Waals surface area contributed by atoms with Crippen LogP contribution in [0.25, 0.3) is 0 Å². The predicted molar refractivity (Wildman–Crippen MR) is 70.1 cm³/mol. The predicted octanol–water partition coefficient (Wildman–Crippen LogP) is 0.200. The monoisotopic (exact) mass is 302 g/mol. The fourth-order valence-electron chi connectivity index (χ4n) is 1.45. The van der Waals surface area contributed by atoms with Gasteiger partial charge >= 0.3 is 0 Å². The number of aliphatic hydroxyl groups excluding tert-OH is 1. The molecular formula is C10H14N4O3S2. The lowest BCUT2D eigenvalue weighted by Crippen LogP contribution is -2.25. The number of hydrogen-bond acceptors (Lipinski definition) is 6. The summed E-state index contributed by atoms with van der Waals surface area (Å²) in [6.07, 6.45) is 3.92. The molecule has 19 heavy (non-hydrogen) atoms. The van der Waals surface area contributed by atoms with Crippen LogP contribution in [-0.2, 0) is 23.2 Å². The van der Waals surface area contributed by atoms with Gasteiger partial charge in [0.15, 0.2) is 0 Å². The number of aliphatic hydroxyl groups is 1. The van der Waals surface area contributed by atoms with E-state index in [1.165, 1.54) is 6.07 Å². The molecule has 7 nitrogen and oxygen atoms in total. The molecule has 0 aliphatic rings. The summed E-state index contributed by atoms with van der Waals surface area (Å²) in [5.74, 6) is 0. The van der Waals surface area contributed by atoms with Crippen molar-refractivity contribution in [3.8, 4) is 0 Å². The van der Waals surface area contributed by atoms with Crippen LogP contribution in [0.1, 0.15) is 12.0 Å². The highest BCUT2D eigenvalue weighted by Gasteiger charge is 2.15. The van der Waals surface area contributed by atoms with Crippen LogP contribution in [0.15, 0.2) is 28.0 Å². The third kappa shape index (κ3) is 3.83. The zero-order chi connectivity index (χ0) is 13.7. The second-order valence-corrected chi connectivity index (χ2v) is 6.75. The Morgan fingerprint density at radius 3 is 2.95 bits per heavy atom. The summed E-state index contributed by atoms with van der Waals surface area (Å²) < 4.78 is 28.2. The minimum atomic E-state index is -3.48. The van der Waals surface area contributed by atoms with Crippen LogP contribution in [0.3, 0.4) is 0 Å². The maximum atomic E-state index is 11.9. The highest BCUT2D eigenvalue weighted by molar-refractivity contribution is 7.91. The number of nitrogens with one attached hydrogen (secondary N) is 1. The Hall–Kier alpha value is -1.29. The van der Waals surface area contributed by atoms with Gasteiger partial charge in [0, 0.05) is 19.3 Å². The molecule has 2 heterocycles. The van der Waals surface area contributed by atoms with Crippen LogP contribution in [0.5, 0.6) is 0 Å². The molecule has 0 fully saturated rings. The molecule has 0 atom stereocenters. The molecule has 0 amide bonds. The van der Waals surface area contributed by atoms with Crippen LogP contribution >= 0.6 is 11.3 Å². The maximum absolute atomic E-state index is 11.9. The summed E-state index contributed by atoms with van der Waals surface area (Å²) in [7, 11) is -3.48. The first-order valence-corrected chi connectivity index (χ1v) is 8.00. The number of rotatable bonds is 7. The van der Waals surface area contributed by atoms with Crippen molar-refractivity contribution in [3.05, 3.63) is 29.4 Å². The lowest BCUT2D eigenvalue weighted by molar-refractivity contribution is 0.282. The molecule has 104 valence electrons. The standard InChI is InChI=1S/C10H14N4O3S2/c15-7-9-6-10(18-8-9)19(16,17)12-2-1-4-14-5-3-11-13-14/h3,5-6,8,12,15H,1-2,4,7H2. The number of aryl methyl sites for hydroxylation is 1. The summed E-state index contributed by atoms with van der Waals surface area (Å²) in [6, 6.07) is 1.48. The Balaban J connectivity index is 1.84. The van der Waals surface area contributed by atoms with Gasteiger partial charge in [-0.05, 0) is 23.4 Å². The fourth-order valence-corrected chi connectivity index (χ4v) is 3.77. The molecule has 0 saturated heterocycles. The number of aromatic nitrogens is 3. The van der Waals surface area contributed by atoms with Crippen molar-refractivity contribution in [2.45, 2.75) is 23.8 Å². The molecule has 2 aromatic rings. The molecule has 0 bridgehead atoms. The Labute approximate surface area is 114 Å². The molecule has 9 heteroatoms. The van der Waals surface area contributed by atoms with Gasteiger partial charge in [-0.25, -0.2) is 13.1 Å². The molecular weight excluding hydrogens is 288 g/mol. The van der Waals surface area contributed by atoms with E-state index in [0.717, 1.165) is 11.3 Å². The van der Waals surface area contributed by atoms with Gasteiger partial charge in [0.1, 0.15) is 4.21 Å². The van der Waals surface area contributed by atoms with Gasteiger partial charge in [0.2, 0.25) is 10.0 Å². The Morgan fingerprint density at radius 1 is 1.47 bits per heavy atom. The molecule has 0 aliphatic heterocycles. The lowest BCUT2D eigenvalue weighted by Gasteiger charge is -2.04. The van der Waals surface area contributed by atoms with E-state index in [0.29, 0.717) is 25.1 Å². The summed E-state index contributed by atoms with van der Waals surface area (Å²) >= 11 is 1.10. The third-order valence-electron chi connectivity index (χ3n) is 2.41. The SMILES string of the molecule is O=S(=O)(NCCCn1ccnn1)c1cc(CO)cs1. The molecule has 2 rings (SSSR count). The summed E-state index contributed by atoms with van der Waals surface area (Å²) in [4.78, 5) is 0. The molecule has 0 aliphatic carbocycles. The van der Waals surface area contributed by atoms with Crippen molar-refractivity contribution >= 4 is 21.4 Å². The highest BCUT2D eigenvalue weighted by Crippen LogP contribution is 2.19. The molecule has 0 aromatic carbocycles.